The van der Waals surface area contributed by atoms with Gasteiger partial charge in [-0.3, -0.25) is 30.6 Å². The van der Waals surface area contributed by atoms with Crippen LogP contribution >= 0.6 is 28.1 Å². The average molecular weight is 521 g/mol. The first-order valence-electron chi connectivity index (χ1n) is 10.1. The van der Waals surface area contributed by atoms with Crippen molar-refractivity contribution < 1.29 is 19.1 Å². The molecule has 0 saturated heterocycles. The molecule has 3 amide bonds. The molecule has 0 radical (unpaired) electrons. The maximum absolute atomic E-state index is 12.4. The normalized spacial score (nSPS) is 10.1. The van der Waals surface area contributed by atoms with Gasteiger partial charge in [0.2, 0.25) is 5.91 Å². The van der Waals surface area contributed by atoms with E-state index in [1.807, 2.05) is 13.8 Å². The lowest BCUT2D eigenvalue weighted by molar-refractivity contribution is -0.116. The number of ether oxygens (including phenoxy) is 1. The Hall–Kier alpha value is -2.98. The fraction of sp³-hybridized carbons (Fsp3) is 0.273. The molecule has 0 unspecified atom stereocenters. The average Bonchev–Trinajstić information content (AvgIpc) is 2.77. The van der Waals surface area contributed by atoms with Crippen molar-refractivity contribution >= 4 is 56.7 Å². The first-order valence-corrected chi connectivity index (χ1v) is 11.3. The van der Waals surface area contributed by atoms with E-state index < -0.39 is 11.8 Å². The van der Waals surface area contributed by atoms with Crippen LogP contribution in [0.25, 0.3) is 0 Å². The molecular weight excluding hydrogens is 496 g/mol. The van der Waals surface area contributed by atoms with E-state index in [2.05, 4.69) is 37.4 Å². The van der Waals surface area contributed by atoms with Crippen LogP contribution < -0.4 is 26.2 Å². The summed E-state index contributed by atoms with van der Waals surface area (Å²) in [7, 11) is 0. The van der Waals surface area contributed by atoms with E-state index in [9.17, 15) is 14.4 Å². The molecule has 0 aliphatic carbocycles. The summed E-state index contributed by atoms with van der Waals surface area (Å²) in [6.07, 6.45) is 2.06. The van der Waals surface area contributed by atoms with Crippen LogP contribution in [-0.2, 0) is 4.79 Å². The molecular formula is C22H25BrN4O4S. The molecule has 0 heterocycles. The Bertz CT molecular complexity index is 982. The number of hydrazine groups is 1. The second kappa shape index (κ2) is 12.8. The highest BCUT2D eigenvalue weighted by Crippen LogP contribution is 2.26. The molecule has 2 rings (SSSR count). The molecule has 0 aliphatic rings. The third kappa shape index (κ3) is 7.93. The standard InChI is InChI=1S/C22H25BrN4O4S/c1-3-5-19(28)24-16-9-6-14(7-10-16)21(30)26-27-22(32)25-20(29)15-8-11-18(17(23)13-15)31-12-4-2/h6-11,13H,3-5,12H2,1-2H3,(H,24,28)(H,26,30)(H2,25,27,29,32). The summed E-state index contributed by atoms with van der Waals surface area (Å²) in [6.45, 7) is 4.50. The van der Waals surface area contributed by atoms with Gasteiger partial charge in [-0.15, -0.1) is 0 Å². The summed E-state index contributed by atoms with van der Waals surface area (Å²) in [5.41, 5.74) is 6.24. The number of thiocarbonyl (C=S) groups is 1. The number of carbonyl (C=O) groups excluding carboxylic acids is 3. The summed E-state index contributed by atoms with van der Waals surface area (Å²) >= 11 is 8.45. The Morgan fingerprint density at radius 1 is 0.938 bits per heavy atom. The van der Waals surface area contributed by atoms with Crippen molar-refractivity contribution in [2.24, 2.45) is 0 Å². The van der Waals surface area contributed by atoms with Gasteiger partial charge in [0, 0.05) is 23.2 Å². The zero-order chi connectivity index (χ0) is 23.5. The first kappa shape index (κ1) is 25.3. The SMILES string of the molecule is CCCOc1ccc(C(=O)NC(=S)NNC(=O)c2ccc(NC(=O)CCC)cc2)cc1Br. The van der Waals surface area contributed by atoms with Crippen LogP contribution in [0.1, 0.15) is 53.8 Å². The smallest absolute Gasteiger partial charge is 0.269 e. The monoisotopic (exact) mass is 520 g/mol. The second-order valence-electron chi connectivity index (χ2n) is 6.73. The molecule has 10 heteroatoms. The van der Waals surface area contributed by atoms with E-state index in [-0.39, 0.29) is 11.0 Å². The Morgan fingerprint density at radius 3 is 2.25 bits per heavy atom. The Kier molecular flexibility index (Phi) is 10.1. The van der Waals surface area contributed by atoms with E-state index in [0.29, 0.717) is 40.1 Å². The van der Waals surface area contributed by atoms with Crippen LogP contribution in [0.5, 0.6) is 5.75 Å². The zero-order valence-electron chi connectivity index (χ0n) is 17.8. The number of benzene rings is 2. The van der Waals surface area contributed by atoms with Gasteiger partial charge >= 0.3 is 0 Å². The van der Waals surface area contributed by atoms with E-state index >= 15 is 0 Å². The maximum atomic E-state index is 12.4. The van der Waals surface area contributed by atoms with E-state index in [1.54, 1.807) is 42.5 Å². The predicted octanol–water partition coefficient (Wildman–Crippen LogP) is 3.93. The lowest BCUT2D eigenvalue weighted by atomic mass is 10.2. The molecule has 8 nitrogen and oxygen atoms in total. The van der Waals surface area contributed by atoms with Gasteiger partial charge < -0.3 is 10.1 Å². The van der Waals surface area contributed by atoms with Crippen LogP contribution in [-0.4, -0.2) is 29.4 Å². The highest BCUT2D eigenvalue weighted by Gasteiger charge is 2.12. The summed E-state index contributed by atoms with van der Waals surface area (Å²) in [5.74, 6) is -0.324. The van der Waals surface area contributed by atoms with Crippen molar-refractivity contribution in [1.29, 1.82) is 0 Å². The minimum absolute atomic E-state index is 0.0609. The number of hydrogen-bond donors (Lipinski definition) is 4. The van der Waals surface area contributed by atoms with Crippen LogP contribution in [0.15, 0.2) is 46.9 Å². The van der Waals surface area contributed by atoms with E-state index in [1.165, 1.54) is 0 Å². The molecule has 0 saturated carbocycles. The lowest BCUT2D eigenvalue weighted by Crippen LogP contribution is -2.48. The third-order valence-electron chi connectivity index (χ3n) is 4.08. The molecule has 170 valence electrons. The maximum Gasteiger partial charge on any atom is 0.269 e. The topological polar surface area (TPSA) is 109 Å². The van der Waals surface area contributed by atoms with Crippen LogP contribution in [0, 0.1) is 0 Å². The number of halogens is 1. The fourth-order valence-electron chi connectivity index (χ4n) is 2.52. The van der Waals surface area contributed by atoms with Crippen molar-refractivity contribution in [3.63, 3.8) is 0 Å². The fourth-order valence-corrected chi connectivity index (χ4v) is 3.16. The van der Waals surface area contributed by atoms with Gasteiger partial charge in [-0.1, -0.05) is 13.8 Å². The number of hydrogen-bond acceptors (Lipinski definition) is 5. The molecule has 2 aromatic carbocycles. The molecule has 32 heavy (non-hydrogen) atoms. The Morgan fingerprint density at radius 2 is 1.62 bits per heavy atom. The van der Waals surface area contributed by atoms with Crippen LogP contribution in [0.3, 0.4) is 0 Å². The molecule has 0 atom stereocenters. The van der Waals surface area contributed by atoms with Crippen LogP contribution in [0.2, 0.25) is 0 Å². The molecule has 0 bridgehead atoms. The third-order valence-corrected chi connectivity index (χ3v) is 4.90. The summed E-state index contributed by atoms with van der Waals surface area (Å²) < 4.78 is 6.21. The molecule has 4 N–H and O–H groups in total. The summed E-state index contributed by atoms with van der Waals surface area (Å²) in [6, 6.07) is 11.3. The molecule has 0 spiro atoms. The molecule has 0 fully saturated rings. The highest BCUT2D eigenvalue weighted by atomic mass is 79.9. The Balaban J connectivity index is 1.84. The second-order valence-corrected chi connectivity index (χ2v) is 7.99. The van der Waals surface area contributed by atoms with Crippen molar-refractivity contribution in [2.45, 2.75) is 33.1 Å². The highest BCUT2D eigenvalue weighted by molar-refractivity contribution is 9.10. The zero-order valence-corrected chi connectivity index (χ0v) is 20.2. The van der Waals surface area contributed by atoms with Crippen molar-refractivity contribution in [3.8, 4) is 5.75 Å². The lowest BCUT2D eigenvalue weighted by Gasteiger charge is -2.12. The largest absolute Gasteiger partial charge is 0.492 e. The van der Waals surface area contributed by atoms with Crippen molar-refractivity contribution in [1.82, 2.24) is 16.2 Å². The summed E-state index contributed by atoms with van der Waals surface area (Å²) in [5, 5.41) is 5.18. The van der Waals surface area contributed by atoms with Gasteiger partial charge in [0.1, 0.15) is 5.75 Å². The van der Waals surface area contributed by atoms with Gasteiger partial charge in [-0.25, -0.2) is 0 Å². The predicted molar refractivity (Wildman–Crippen MR) is 131 cm³/mol. The minimum Gasteiger partial charge on any atom is -0.492 e. The first-order chi connectivity index (χ1) is 15.3. The van der Waals surface area contributed by atoms with E-state index in [0.717, 1.165) is 12.8 Å². The quantitative estimate of drug-likeness (QED) is 0.310. The summed E-state index contributed by atoms with van der Waals surface area (Å²) in [4.78, 5) is 36.2. The molecule has 0 aromatic heterocycles. The molecule has 2 aromatic rings. The van der Waals surface area contributed by atoms with Crippen LogP contribution in [0.4, 0.5) is 5.69 Å². The van der Waals surface area contributed by atoms with Gasteiger partial charge in [-0.2, -0.15) is 0 Å². The number of anilines is 1. The van der Waals surface area contributed by atoms with Gasteiger partial charge in [0.05, 0.1) is 11.1 Å². The minimum atomic E-state index is -0.451. The van der Waals surface area contributed by atoms with Crippen molar-refractivity contribution in [2.75, 3.05) is 11.9 Å². The number of nitrogens with one attached hydrogen (secondary N) is 4. The van der Waals surface area contributed by atoms with E-state index in [4.69, 9.17) is 17.0 Å². The number of rotatable bonds is 8. The Labute approximate surface area is 200 Å². The van der Waals surface area contributed by atoms with Gasteiger partial charge in [0.15, 0.2) is 5.11 Å². The number of carbonyl (C=O) groups is 3. The van der Waals surface area contributed by atoms with Crippen molar-refractivity contribution in [3.05, 3.63) is 58.1 Å². The van der Waals surface area contributed by atoms with Gasteiger partial charge in [0.25, 0.3) is 11.8 Å². The number of amides is 3. The van der Waals surface area contributed by atoms with Gasteiger partial charge in [-0.05, 0) is 83.5 Å². The molecule has 0 aliphatic heterocycles.